The highest BCUT2D eigenvalue weighted by Gasteiger charge is 2.26. The van der Waals surface area contributed by atoms with Crippen molar-refractivity contribution in [3.05, 3.63) is 231 Å². The van der Waals surface area contributed by atoms with Crippen LogP contribution < -0.4 is 15.3 Å². The average Bonchev–Trinajstić information content (AvgIpc) is 1.83. The van der Waals surface area contributed by atoms with Gasteiger partial charge in [-0.15, -0.1) is 0 Å². The zero-order chi connectivity index (χ0) is 67.8. The molecule has 0 atom stereocenters. The molecular formula is C77H102F2N12O. The maximum atomic E-state index is 12.8. The van der Waals surface area contributed by atoms with Gasteiger partial charge in [0.15, 0.2) is 5.82 Å². The number of benzene rings is 3. The van der Waals surface area contributed by atoms with Crippen LogP contribution in [0.1, 0.15) is 221 Å². The van der Waals surface area contributed by atoms with Gasteiger partial charge in [0.05, 0.1) is 30.0 Å². The maximum Gasteiger partial charge on any atom is 0.316 e. The summed E-state index contributed by atoms with van der Waals surface area (Å²) in [5.74, 6) is 3.85. The normalized spacial score (nSPS) is 12.8. The molecule has 6 aromatic heterocycles. The van der Waals surface area contributed by atoms with E-state index in [-0.39, 0.29) is 5.92 Å². The lowest BCUT2D eigenvalue weighted by atomic mass is 10.0. The molecule has 2 aliphatic heterocycles. The van der Waals surface area contributed by atoms with E-state index >= 15 is 0 Å². The minimum atomic E-state index is -1.02. The number of pyridine rings is 2. The van der Waals surface area contributed by atoms with Gasteiger partial charge < -0.3 is 9.64 Å². The van der Waals surface area contributed by atoms with Crippen molar-refractivity contribution in [3.63, 3.8) is 0 Å². The first-order chi connectivity index (χ1) is 43.7. The third-order valence-corrected chi connectivity index (χ3v) is 15.6. The monoisotopic (exact) mass is 1250 g/mol. The standard InChI is InChI=1S/2C11H14N2.C11H13N.C10H14N2.C10H15N.C8H9F2N.C8H12N2O.C8H11N/c1-8(2)9-4-5-11-10(6-9)7-13(3)12-11;1-7(2)9-4-5-11-10(6-9)8(3)12-13-11;1-8(2)9-3-4-11-10(7-9)5-6-12-11;1-7(2)9-5-11-10(12-6-9)8-3-4-8;1-8(2)10-5-6-11(4)9(3)7-10;1-5(2)6-3-4-11-8(10)7(6)9;1-6(2)7-4-9-8(11-3)10-5-7;1-7(2)8-4-3-5-9-6-8/h4-8H,1-3H3;4-7H,1-3H3,(H,12,13);3-5,7-8H,6H2,1-2H3;5-8H,3-4H2,1-2H3;5-8H,3H2,1-2,4H3;3-5H,1-2H3;4-6H,1-3H3;3-7H,1-2H3. The fraction of sp³-hybridized carbons (Fsp3) is 0.416. The van der Waals surface area contributed by atoms with Gasteiger partial charge in [-0.3, -0.25) is 19.8 Å². The van der Waals surface area contributed by atoms with E-state index in [0.717, 1.165) is 45.7 Å². The number of hydrogen-bond donors (Lipinski definition) is 1. The van der Waals surface area contributed by atoms with Crippen LogP contribution in [0.4, 0.5) is 8.78 Å². The molecule has 0 unspecified atom stereocenters. The van der Waals surface area contributed by atoms with Crippen LogP contribution in [0.5, 0.6) is 6.01 Å². The second-order valence-electron chi connectivity index (χ2n) is 25.9. The Kier molecular flexibility index (Phi) is 29.4. The van der Waals surface area contributed by atoms with Gasteiger partial charge in [0.2, 0.25) is 5.95 Å². The van der Waals surface area contributed by atoms with Crippen LogP contribution in [0.3, 0.4) is 0 Å². The zero-order valence-corrected chi connectivity index (χ0v) is 58.5. The predicted molar refractivity (Wildman–Crippen MR) is 377 cm³/mol. The number of likely N-dealkylation sites (N-methyl/N-ethyl adjacent to an activating group) is 1. The molecule has 1 aliphatic carbocycles. The number of aromatic amines is 1. The van der Waals surface area contributed by atoms with Gasteiger partial charge >= 0.3 is 6.01 Å². The van der Waals surface area contributed by atoms with Crippen LogP contribution in [-0.4, -0.2) is 75.5 Å². The van der Waals surface area contributed by atoms with E-state index in [0.29, 0.717) is 58.9 Å². The van der Waals surface area contributed by atoms with E-state index in [4.69, 9.17) is 4.74 Å². The van der Waals surface area contributed by atoms with Gasteiger partial charge in [0, 0.05) is 98.0 Å². The van der Waals surface area contributed by atoms with Gasteiger partial charge in [0.1, 0.15) is 5.82 Å². The fourth-order valence-electron chi connectivity index (χ4n) is 9.04. The number of hydrogen-bond acceptors (Lipinski definition) is 11. The first-order valence-corrected chi connectivity index (χ1v) is 32.4. The van der Waals surface area contributed by atoms with Crippen LogP contribution in [0.15, 0.2) is 164 Å². The van der Waals surface area contributed by atoms with Crippen LogP contribution in [0.2, 0.25) is 0 Å². The first-order valence-electron chi connectivity index (χ1n) is 32.4. The summed E-state index contributed by atoms with van der Waals surface area (Å²) in [6.45, 7) is 40.9. The van der Waals surface area contributed by atoms with Crippen LogP contribution in [0.25, 0.3) is 27.9 Å². The maximum absolute atomic E-state index is 12.8. The Morgan fingerprint density at radius 3 is 1.67 bits per heavy atom. The number of H-pyrrole nitrogens is 1. The number of halogens is 2. The third kappa shape index (κ3) is 23.6. The molecule has 15 heteroatoms. The Bertz CT molecular complexity index is 3870. The lowest BCUT2D eigenvalue weighted by Gasteiger charge is -2.21. The van der Waals surface area contributed by atoms with Crippen molar-refractivity contribution in [2.75, 3.05) is 20.7 Å². The number of fused-ring (bicyclic) bond motifs is 3. The van der Waals surface area contributed by atoms with E-state index in [1.54, 1.807) is 39.5 Å². The van der Waals surface area contributed by atoms with Crippen molar-refractivity contribution < 1.29 is 13.5 Å². The molecule has 8 heterocycles. The van der Waals surface area contributed by atoms with Crippen molar-refractivity contribution >= 4 is 27.9 Å². The minimum Gasteiger partial charge on any atom is -0.467 e. The molecule has 0 saturated heterocycles. The van der Waals surface area contributed by atoms with E-state index in [1.165, 1.54) is 74.5 Å². The Hall–Kier alpha value is -8.59. The second kappa shape index (κ2) is 36.5. The molecule has 0 bridgehead atoms. The molecule has 3 aromatic carbocycles. The zero-order valence-electron chi connectivity index (χ0n) is 58.5. The number of rotatable bonds is 10. The molecule has 13 nitrogen and oxygen atoms in total. The lowest BCUT2D eigenvalue weighted by Crippen LogP contribution is -2.21. The van der Waals surface area contributed by atoms with Crippen LogP contribution in [-0.2, 0) is 7.05 Å². The Balaban J connectivity index is 0.000000191. The van der Waals surface area contributed by atoms with E-state index in [9.17, 15) is 8.78 Å². The highest BCUT2D eigenvalue weighted by atomic mass is 19.2. The number of ether oxygens (including phenoxy) is 1. The summed E-state index contributed by atoms with van der Waals surface area (Å²) >= 11 is 0. The number of nitrogens with one attached hydrogen (secondary N) is 1. The average molecular weight is 1250 g/mol. The molecule has 12 rings (SSSR count). The van der Waals surface area contributed by atoms with Gasteiger partial charge in [0.25, 0.3) is 0 Å². The van der Waals surface area contributed by atoms with Gasteiger partial charge in [-0.05, 0) is 178 Å². The van der Waals surface area contributed by atoms with E-state index < -0.39 is 11.8 Å². The number of nitrogens with zero attached hydrogens (tertiary/aromatic N) is 11. The summed E-state index contributed by atoms with van der Waals surface area (Å²) < 4.78 is 32.0. The highest BCUT2D eigenvalue weighted by molar-refractivity contribution is 5.82. The predicted octanol–water partition coefficient (Wildman–Crippen LogP) is 18.2. The molecular weight excluding hydrogens is 1150 g/mol. The molecule has 0 radical (unpaired) electrons. The molecule has 0 spiro atoms. The van der Waals surface area contributed by atoms with Crippen molar-refractivity contribution in [1.82, 2.24) is 54.8 Å². The summed E-state index contributed by atoms with van der Waals surface area (Å²) in [5.41, 5.74) is 13.9. The van der Waals surface area contributed by atoms with Crippen molar-refractivity contribution in [2.24, 2.45) is 18.0 Å². The van der Waals surface area contributed by atoms with Gasteiger partial charge in [-0.25, -0.2) is 29.3 Å². The number of aryl methyl sites for hydroxylation is 2. The summed E-state index contributed by atoms with van der Waals surface area (Å²) in [5, 5.41) is 16.4. The molecule has 9 aromatic rings. The largest absolute Gasteiger partial charge is 0.467 e. The second-order valence-corrected chi connectivity index (χ2v) is 25.9. The smallest absolute Gasteiger partial charge is 0.316 e. The number of allylic oxidation sites excluding steroid dienone is 3. The molecule has 490 valence electrons. The van der Waals surface area contributed by atoms with E-state index in [1.807, 2.05) is 48.3 Å². The van der Waals surface area contributed by atoms with E-state index in [2.05, 4.69) is 252 Å². The molecule has 0 amide bonds. The molecule has 1 fully saturated rings. The molecule has 3 aliphatic rings. The van der Waals surface area contributed by atoms with Crippen molar-refractivity contribution in [2.45, 2.75) is 178 Å². The Labute approximate surface area is 547 Å². The summed E-state index contributed by atoms with van der Waals surface area (Å²) in [4.78, 5) is 30.2. The van der Waals surface area contributed by atoms with Gasteiger partial charge in [-0.2, -0.15) is 14.6 Å². The number of aromatic nitrogens is 10. The number of methoxy groups -OCH3 is 1. The highest BCUT2D eigenvalue weighted by Crippen LogP contribution is 2.38. The van der Waals surface area contributed by atoms with Crippen molar-refractivity contribution in [3.8, 4) is 6.01 Å². The molecule has 1 N–H and O–H groups in total. The summed E-state index contributed by atoms with van der Waals surface area (Å²) in [6, 6.07) is 25.4. The SMILES string of the molecule is C=C1C=C(C(C)C)C=CN1C.CC(C)c1ccc2c(c1)=CCN=2.CC(C)c1ccc2nn(C)cc2c1.CC(C)c1cccnc1.CC(C)c1ccnc(F)c1F.CC(C)c1cnc(C2CC2)nc1.COc1ncc(C(C)C)cn1.Cc1[nH]nc2ccc(C(C)C)cc12. The minimum absolute atomic E-state index is 0.00694. The van der Waals surface area contributed by atoms with Crippen LogP contribution >= 0.6 is 0 Å². The first kappa shape index (κ1) is 74.1. The molecule has 1 saturated carbocycles. The Morgan fingerprint density at radius 2 is 1.16 bits per heavy atom. The van der Waals surface area contributed by atoms with Crippen LogP contribution in [0, 0.1) is 24.6 Å². The quantitative estimate of drug-likeness (QED) is 0.131. The fourth-order valence-corrected chi connectivity index (χ4v) is 9.04. The van der Waals surface area contributed by atoms with Gasteiger partial charge in [-0.1, -0.05) is 148 Å². The lowest BCUT2D eigenvalue weighted by molar-refractivity contribution is 0.379. The summed E-state index contributed by atoms with van der Waals surface area (Å²) in [7, 11) is 5.52. The van der Waals surface area contributed by atoms with Crippen molar-refractivity contribution in [1.29, 1.82) is 0 Å². The molecule has 92 heavy (non-hydrogen) atoms. The summed E-state index contributed by atoms with van der Waals surface area (Å²) in [6.07, 6.45) is 25.6. The third-order valence-electron chi connectivity index (χ3n) is 15.6. The topological polar surface area (TPSA) is 149 Å². The Morgan fingerprint density at radius 1 is 0.598 bits per heavy atom.